The Hall–Kier alpha value is -1.53. The van der Waals surface area contributed by atoms with Gasteiger partial charge in [-0.15, -0.1) is 0 Å². The van der Waals surface area contributed by atoms with E-state index in [0.29, 0.717) is 18.5 Å². The molecule has 94 valence electrons. The van der Waals surface area contributed by atoms with E-state index in [1.165, 1.54) is 0 Å². The lowest BCUT2D eigenvalue weighted by Gasteiger charge is -2.06. The predicted molar refractivity (Wildman–Crippen MR) is 51.4 cm³/mol. The third kappa shape index (κ3) is 2.13. The lowest BCUT2D eigenvalue weighted by Crippen LogP contribution is -2.15. The van der Waals surface area contributed by atoms with Crippen molar-refractivity contribution < 1.29 is 23.1 Å². The molecule has 0 saturated heterocycles. The zero-order valence-corrected chi connectivity index (χ0v) is 9.08. The van der Waals surface area contributed by atoms with Crippen molar-refractivity contribution in [2.24, 2.45) is 5.92 Å². The van der Waals surface area contributed by atoms with E-state index in [1.807, 2.05) is 6.92 Å². The van der Waals surface area contributed by atoms with Crippen LogP contribution < -0.4 is 0 Å². The highest BCUT2D eigenvalue weighted by atomic mass is 19.4. The normalized spacial score (nSPS) is 19.4. The van der Waals surface area contributed by atoms with E-state index < -0.39 is 24.4 Å². The van der Waals surface area contributed by atoms with Crippen LogP contribution in [0.15, 0.2) is 0 Å². The van der Waals surface area contributed by atoms with E-state index in [0.717, 1.165) is 4.68 Å². The van der Waals surface area contributed by atoms with Gasteiger partial charge >= 0.3 is 12.1 Å². The summed E-state index contributed by atoms with van der Waals surface area (Å²) in [6, 6.07) is 0. The van der Waals surface area contributed by atoms with E-state index in [2.05, 4.69) is 5.10 Å². The van der Waals surface area contributed by atoms with Crippen molar-refractivity contribution in [2.75, 3.05) is 0 Å². The predicted octanol–water partition coefficient (Wildman–Crippen LogP) is 1.72. The van der Waals surface area contributed by atoms with E-state index in [9.17, 15) is 18.0 Å². The monoisotopic (exact) mass is 248 g/mol. The fourth-order valence-corrected chi connectivity index (χ4v) is 2.21. The van der Waals surface area contributed by atoms with Gasteiger partial charge < -0.3 is 5.11 Å². The Bertz CT molecular complexity index is 465. The molecule has 0 aliphatic heterocycles. The number of carboxylic acid groups (broad SMARTS) is 1. The second kappa shape index (κ2) is 3.75. The van der Waals surface area contributed by atoms with E-state index in [4.69, 9.17) is 5.11 Å². The van der Waals surface area contributed by atoms with Crippen molar-refractivity contribution in [1.29, 1.82) is 0 Å². The summed E-state index contributed by atoms with van der Waals surface area (Å²) >= 11 is 0. The molecule has 2 rings (SSSR count). The molecular weight excluding hydrogens is 237 g/mol. The molecule has 1 heterocycles. The maximum absolute atomic E-state index is 12.7. The quantitative estimate of drug-likeness (QED) is 0.867. The molecule has 1 aliphatic rings. The molecule has 0 spiro atoms. The van der Waals surface area contributed by atoms with Crippen LogP contribution >= 0.6 is 0 Å². The summed E-state index contributed by atoms with van der Waals surface area (Å²) < 4.78 is 39.1. The summed E-state index contributed by atoms with van der Waals surface area (Å²) in [6.45, 7) is 1.32. The van der Waals surface area contributed by atoms with Gasteiger partial charge in [0, 0.05) is 11.3 Å². The summed E-state index contributed by atoms with van der Waals surface area (Å²) in [7, 11) is 0. The lowest BCUT2D eigenvalue weighted by atomic mass is 10.1. The first-order valence-corrected chi connectivity index (χ1v) is 5.16. The maximum Gasteiger partial charge on any atom is 0.435 e. The largest absolute Gasteiger partial charge is 0.480 e. The van der Waals surface area contributed by atoms with Crippen LogP contribution in [0.3, 0.4) is 0 Å². The molecular formula is C10H11F3N2O2. The molecule has 17 heavy (non-hydrogen) atoms. The Morgan fingerprint density at radius 1 is 1.53 bits per heavy atom. The minimum absolute atomic E-state index is 0.101. The first-order chi connectivity index (χ1) is 7.79. The first-order valence-electron chi connectivity index (χ1n) is 5.16. The van der Waals surface area contributed by atoms with Crippen LogP contribution in [0.1, 0.15) is 23.9 Å². The molecule has 0 radical (unpaired) electrons. The number of halogens is 3. The van der Waals surface area contributed by atoms with Gasteiger partial charge in [0.2, 0.25) is 0 Å². The third-order valence-corrected chi connectivity index (χ3v) is 2.81. The summed E-state index contributed by atoms with van der Waals surface area (Å²) in [5.41, 5.74) is -0.364. The standard InChI is InChI=1S/C10H11F3N2O2/c1-5-2-6-7(3-5)15(4-8(16)17)14-9(6)10(11,12)13/h5H,2-4H2,1H3,(H,16,17)/t5-/m1/s1. The van der Waals surface area contributed by atoms with Crippen LogP contribution in [0.4, 0.5) is 13.2 Å². The minimum atomic E-state index is -4.52. The summed E-state index contributed by atoms with van der Waals surface area (Å²) in [4.78, 5) is 10.6. The van der Waals surface area contributed by atoms with E-state index >= 15 is 0 Å². The molecule has 7 heteroatoms. The molecule has 4 nitrogen and oxygen atoms in total. The first kappa shape index (κ1) is 11.9. The average Bonchev–Trinajstić information content (AvgIpc) is 2.63. The number of carbonyl (C=O) groups is 1. The van der Waals surface area contributed by atoms with Crippen LogP contribution in [0.5, 0.6) is 0 Å². The van der Waals surface area contributed by atoms with Gasteiger partial charge in [0.25, 0.3) is 0 Å². The number of aliphatic carboxylic acids is 1. The van der Waals surface area contributed by atoms with Crippen LogP contribution in [0, 0.1) is 5.92 Å². The number of rotatable bonds is 2. The van der Waals surface area contributed by atoms with Crippen LogP contribution in [0.25, 0.3) is 0 Å². The second-order valence-corrected chi connectivity index (χ2v) is 4.34. The highest BCUT2D eigenvalue weighted by Crippen LogP contribution is 2.37. The number of alkyl halides is 3. The van der Waals surface area contributed by atoms with E-state index in [1.54, 1.807) is 0 Å². The van der Waals surface area contributed by atoms with Crippen LogP contribution in [0.2, 0.25) is 0 Å². The van der Waals surface area contributed by atoms with Crippen LogP contribution in [-0.4, -0.2) is 20.9 Å². The molecule has 0 bridgehead atoms. The SMILES string of the molecule is C[C@@H]1Cc2c(C(F)(F)F)nn(CC(=O)O)c2C1. The Kier molecular flexibility index (Phi) is 2.63. The highest BCUT2D eigenvalue weighted by Gasteiger charge is 2.41. The number of aromatic nitrogens is 2. The summed E-state index contributed by atoms with van der Waals surface area (Å²) in [5.74, 6) is -1.09. The van der Waals surface area contributed by atoms with Crippen molar-refractivity contribution in [3.05, 3.63) is 17.0 Å². The highest BCUT2D eigenvalue weighted by molar-refractivity contribution is 5.66. The van der Waals surface area contributed by atoms with Gasteiger partial charge in [0.1, 0.15) is 6.54 Å². The minimum Gasteiger partial charge on any atom is -0.480 e. The molecule has 0 aromatic carbocycles. The maximum atomic E-state index is 12.7. The van der Waals surface area contributed by atoms with Gasteiger partial charge in [0.15, 0.2) is 5.69 Å². The van der Waals surface area contributed by atoms with Gasteiger partial charge in [-0.25, -0.2) is 0 Å². The molecule has 0 fully saturated rings. The molecule has 1 atom stereocenters. The number of nitrogens with zero attached hydrogens (tertiary/aromatic N) is 2. The lowest BCUT2D eigenvalue weighted by molar-refractivity contribution is -0.143. The number of carboxylic acids is 1. The summed E-state index contributed by atoms with van der Waals surface area (Å²) in [5, 5.41) is 12.0. The van der Waals surface area contributed by atoms with Crippen molar-refractivity contribution in [3.8, 4) is 0 Å². The Morgan fingerprint density at radius 3 is 2.71 bits per heavy atom. The zero-order chi connectivity index (χ0) is 12.8. The fraction of sp³-hybridized carbons (Fsp3) is 0.600. The van der Waals surface area contributed by atoms with Gasteiger partial charge in [-0.05, 0) is 18.8 Å². The number of hydrogen-bond donors (Lipinski definition) is 1. The average molecular weight is 248 g/mol. The molecule has 1 aromatic rings. The second-order valence-electron chi connectivity index (χ2n) is 4.34. The Labute approximate surface area is 95.0 Å². The molecule has 1 aliphatic carbocycles. The van der Waals surface area contributed by atoms with Gasteiger partial charge in [0.05, 0.1) is 0 Å². The van der Waals surface area contributed by atoms with Crippen LogP contribution in [-0.2, 0) is 30.4 Å². The van der Waals surface area contributed by atoms with Gasteiger partial charge in [-0.1, -0.05) is 6.92 Å². The third-order valence-electron chi connectivity index (χ3n) is 2.81. The van der Waals surface area contributed by atoms with Gasteiger partial charge in [-0.2, -0.15) is 18.3 Å². The van der Waals surface area contributed by atoms with Crippen molar-refractivity contribution in [3.63, 3.8) is 0 Å². The fourth-order valence-electron chi connectivity index (χ4n) is 2.21. The zero-order valence-electron chi connectivity index (χ0n) is 9.08. The number of hydrogen-bond acceptors (Lipinski definition) is 2. The smallest absolute Gasteiger partial charge is 0.435 e. The number of fused-ring (bicyclic) bond motifs is 1. The molecule has 0 unspecified atom stereocenters. The summed E-state index contributed by atoms with van der Waals surface area (Å²) in [6.07, 6.45) is -3.76. The molecule has 1 N–H and O–H groups in total. The van der Waals surface area contributed by atoms with E-state index in [-0.39, 0.29) is 11.5 Å². The Balaban J connectivity index is 2.47. The Morgan fingerprint density at radius 2 is 2.18 bits per heavy atom. The van der Waals surface area contributed by atoms with Crippen molar-refractivity contribution >= 4 is 5.97 Å². The topological polar surface area (TPSA) is 55.1 Å². The van der Waals surface area contributed by atoms with Crippen molar-refractivity contribution in [1.82, 2.24) is 9.78 Å². The molecule has 0 amide bonds. The molecule has 1 aromatic heterocycles. The van der Waals surface area contributed by atoms with Crippen molar-refractivity contribution in [2.45, 2.75) is 32.5 Å². The van der Waals surface area contributed by atoms with Gasteiger partial charge in [-0.3, -0.25) is 9.48 Å². The molecule has 0 saturated carbocycles.